The van der Waals surface area contributed by atoms with Gasteiger partial charge in [-0.15, -0.1) is 0 Å². The van der Waals surface area contributed by atoms with Crippen molar-refractivity contribution in [3.8, 4) is 0 Å². The van der Waals surface area contributed by atoms with Gasteiger partial charge in [0, 0.05) is 51.2 Å². The Morgan fingerprint density at radius 1 is 1.24 bits per heavy atom. The number of likely N-dealkylation sites (N-methyl/N-ethyl adjacent to an activating group) is 1. The number of rotatable bonds is 4. The van der Waals surface area contributed by atoms with Crippen LogP contribution in [0.3, 0.4) is 0 Å². The van der Waals surface area contributed by atoms with E-state index in [4.69, 9.17) is 0 Å². The van der Waals surface area contributed by atoms with Crippen LogP contribution in [0.2, 0.25) is 0 Å². The topological polar surface area (TPSA) is 29.1 Å². The molecule has 0 unspecified atom stereocenters. The fourth-order valence-corrected chi connectivity index (χ4v) is 3.18. The van der Waals surface area contributed by atoms with Crippen LogP contribution in [-0.2, 0) is 37.5 Å². The van der Waals surface area contributed by atoms with Crippen LogP contribution < -0.4 is 5.32 Å². The van der Waals surface area contributed by atoms with Gasteiger partial charge < -0.3 is 9.80 Å². The maximum absolute atomic E-state index is 13.3. The predicted octanol–water partition coefficient (Wildman–Crippen LogP) is 3.01. The average molecular weight is 368 g/mol. The summed E-state index contributed by atoms with van der Waals surface area (Å²) in [6.45, 7) is 9.49. The first-order valence-corrected chi connectivity index (χ1v) is 7.37. The number of nitrogens with one attached hydrogen (secondary N) is 1. The number of carbonyl (C=O) groups excluding carboxylic acids is 1. The molecular formula is C16H24FN2OY+. The van der Waals surface area contributed by atoms with Gasteiger partial charge in [-0.05, 0) is 44.0 Å². The Hall–Kier alpha value is -0.316. The fraction of sp³-hybridized carbons (Fsp3) is 0.562. The van der Waals surface area contributed by atoms with E-state index in [9.17, 15) is 9.18 Å². The van der Waals surface area contributed by atoms with Gasteiger partial charge in [0.25, 0.3) is 5.91 Å². The Kier molecular flexibility index (Phi) is 6.96. The minimum absolute atomic E-state index is 0. The predicted molar refractivity (Wildman–Crippen MR) is 79.1 cm³/mol. The molecule has 21 heavy (non-hydrogen) atoms. The molecule has 1 aromatic rings. The van der Waals surface area contributed by atoms with Gasteiger partial charge in [-0.3, -0.25) is 4.79 Å². The van der Waals surface area contributed by atoms with Crippen LogP contribution in [0.4, 0.5) is 10.1 Å². The summed E-state index contributed by atoms with van der Waals surface area (Å²) in [4.78, 5) is 12.3. The average Bonchev–Trinajstić information content (AvgIpc) is 2.83. The largest absolute Gasteiger partial charge is 0.321 e. The van der Waals surface area contributed by atoms with E-state index in [1.165, 1.54) is 25.0 Å². The molecule has 1 amide bonds. The summed E-state index contributed by atoms with van der Waals surface area (Å²) in [6, 6.07) is 2.92. The first-order chi connectivity index (χ1) is 9.46. The quantitative estimate of drug-likeness (QED) is 0.814. The SMILES string of the molecule is CC[N+]1(CC(=O)Nc2c(C)cc(F)cc2C)CCCC1.[Y]. The standard InChI is InChI=1S/C16H23FN2O.Y/c1-4-19(7-5-6-8-19)11-15(20)18-16-12(2)9-14(17)10-13(16)3;/h9-10H,4-8,11H2,1-3H3;/p+1. The van der Waals surface area contributed by atoms with E-state index in [2.05, 4.69) is 12.2 Å². The van der Waals surface area contributed by atoms with Gasteiger partial charge in [-0.25, -0.2) is 4.39 Å². The Morgan fingerprint density at radius 2 is 1.76 bits per heavy atom. The molecule has 1 aliphatic heterocycles. The second kappa shape index (κ2) is 7.80. The van der Waals surface area contributed by atoms with Crippen LogP contribution in [0.5, 0.6) is 0 Å². The van der Waals surface area contributed by atoms with E-state index >= 15 is 0 Å². The molecule has 0 saturated carbocycles. The fourth-order valence-electron chi connectivity index (χ4n) is 3.18. The number of hydrogen-bond acceptors (Lipinski definition) is 1. The molecule has 0 bridgehead atoms. The van der Waals surface area contributed by atoms with Gasteiger partial charge in [0.1, 0.15) is 5.82 Å². The molecule has 0 aliphatic carbocycles. The van der Waals surface area contributed by atoms with Crippen molar-refractivity contribution in [3.05, 3.63) is 29.1 Å². The second-order valence-electron chi connectivity index (χ2n) is 5.93. The summed E-state index contributed by atoms with van der Waals surface area (Å²) in [5, 5.41) is 2.97. The third-order valence-electron chi connectivity index (χ3n) is 4.43. The molecular weight excluding hydrogens is 344 g/mol. The van der Waals surface area contributed by atoms with E-state index in [0.717, 1.165) is 40.9 Å². The molecule has 0 atom stereocenters. The summed E-state index contributed by atoms with van der Waals surface area (Å²) in [5.74, 6) is -0.221. The minimum Gasteiger partial charge on any atom is -0.321 e. The van der Waals surface area contributed by atoms with E-state index in [1.54, 1.807) is 0 Å². The van der Waals surface area contributed by atoms with E-state index < -0.39 is 0 Å². The van der Waals surface area contributed by atoms with Crippen LogP contribution >= 0.6 is 0 Å². The number of nitrogens with zero attached hydrogens (tertiary/aromatic N) is 1. The van der Waals surface area contributed by atoms with Gasteiger partial charge in [-0.1, -0.05) is 0 Å². The third-order valence-corrected chi connectivity index (χ3v) is 4.43. The smallest absolute Gasteiger partial charge is 0.279 e. The van der Waals surface area contributed by atoms with Crippen molar-refractivity contribution in [2.75, 3.05) is 31.5 Å². The number of likely N-dealkylation sites (tertiary alicyclic amines) is 1. The molecule has 0 spiro atoms. The molecule has 1 aromatic carbocycles. The number of quaternary nitrogens is 1. The summed E-state index contributed by atoms with van der Waals surface area (Å²) in [5.41, 5.74) is 2.31. The molecule has 1 heterocycles. The summed E-state index contributed by atoms with van der Waals surface area (Å²) >= 11 is 0. The normalized spacial score (nSPS) is 16.4. The third kappa shape index (κ3) is 4.57. The molecule has 1 N–H and O–H groups in total. The van der Waals surface area contributed by atoms with Crippen LogP contribution in [0.25, 0.3) is 0 Å². The van der Waals surface area contributed by atoms with Crippen LogP contribution in [-0.4, -0.2) is 36.6 Å². The number of hydrogen-bond donors (Lipinski definition) is 1. The van der Waals surface area contributed by atoms with Crippen molar-refractivity contribution >= 4 is 11.6 Å². The van der Waals surface area contributed by atoms with Gasteiger partial charge in [0.05, 0.1) is 19.6 Å². The zero-order chi connectivity index (χ0) is 14.8. The number of benzene rings is 1. The van der Waals surface area contributed by atoms with Gasteiger partial charge in [-0.2, -0.15) is 0 Å². The van der Waals surface area contributed by atoms with Crippen LogP contribution in [0, 0.1) is 19.7 Å². The molecule has 1 saturated heterocycles. The summed E-state index contributed by atoms with van der Waals surface area (Å²) in [6.07, 6.45) is 2.41. The Balaban J connectivity index is 0.00000220. The van der Waals surface area contributed by atoms with Gasteiger partial charge in [0.2, 0.25) is 0 Å². The number of anilines is 1. The van der Waals surface area contributed by atoms with Crippen molar-refractivity contribution in [2.24, 2.45) is 0 Å². The molecule has 0 aromatic heterocycles. The van der Waals surface area contributed by atoms with E-state index in [0.29, 0.717) is 6.54 Å². The molecule has 1 radical (unpaired) electrons. The maximum atomic E-state index is 13.3. The Morgan fingerprint density at radius 3 is 2.24 bits per heavy atom. The first kappa shape index (κ1) is 18.7. The molecule has 2 rings (SSSR count). The first-order valence-electron chi connectivity index (χ1n) is 7.37. The molecule has 3 nitrogen and oxygen atoms in total. The molecule has 5 heteroatoms. The number of aryl methyl sites for hydroxylation is 2. The van der Waals surface area contributed by atoms with Crippen molar-refractivity contribution in [2.45, 2.75) is 33.6 Å². The second-order valence-corrected chi connectivity index (χ2v) is 5.93. The molecule has 1 fully saturated rings. The van der Waals surface area contributed by atoms with Crippen molar-refractivity contribution in [1.82, 2.24) is 0 Å². The van der Waals surface area contributed by atoms with Crippen LogP contribution in [0.1, 0.15) is 30.9 Å². The summed E-state index contributed by atoms with van der Waals surface area (Å²) < 4.78 is 14.2. The van der Waals surface area contributed by atoms with Gasteiger partial charge in [0.15, 0.2) is 6.54 Å². The maximum Gasteiger partial charge on any atom is 0.279 e. The molecule has 1 aliphatic rings. The number of amides is 1. The monoisotopic (exact) mass is 368 g/mol. The van der Waals surface area contributed by atoms with Crippen molar-refractivity contribution in [1.29, 1.82) is 0 Å². The number of carbonyl (C=O) groups is 1. The Bertz CT molecular complexity index is 490. The van der Waals surface area contributed by atoms with E-state index in [-0.39, 0.29) is 44.4 Å². The molecule has 113 valence electrons. The summed E-state index contributed by atoms with van der Waals surface area (Å²) in [7, 11) is 0. The van der Waals surface area contributed by atoms with Crippen LogP contribution in [0.15, 0.2) is 12.1 Å². The van der Waals surface area contributed by atoms with Gasteiger partial charge >= 0.3 is 0 Å². The minimum atomic E-state index is -0.255. The zero-order valence-corrected chi connectivity index (χ0v) is 16.0. The number of halogens is 1. The zero-order valence-electron chi connectivity index (χ0n) is 13.2. The van der Waals surface area contributed by atoms with Crippen molar-refractivity contribution in [3.63, 3.8) is 0 Å². The van der Waals surface area contributed by atoms with E-state index in [1.807, 2.05) is 13.8 Å². The van der Waals surface area contributed by atoms with Crippen molar-refractivity contribution < 1.29 is 46.4 Å². The Labute approximate surface area is 151 Å².